The predicted octanol–water partition coefficient (Wildman–Crippen LogP) is 5.33. The van der Waals surface area contributed by atoms with Crippen LogP contribution in [0.5, 0.6) is 5.75 Å². The average molecular weight is 389 g/mol. The van der Waals surface area contributed by atoms with Crippen molar-refractivity contribution >= 4 is 50.7 Å². The third-order valence-corrected chi connectivity index (χ3v) is 4.23. The fourth-order valence-corrected chi connectivity index (χ4v) is 2.61. The van der Waals surface area contributed by atoms with Crippen molar-refractivity contribution in [1.82, 2.24) is 0 Å². The first kappa shape index (κ1) is 16.1. The van der Waals surface area contributed by atoms with Gasteiger partial charge >= 0.3 is 0 Å². The number of halogens is 3. The number of anilines is 1. The number of ether oxygens (including phenoxy) is 1. The second kappa shape index (κ2) is 6.69. The van der Waals surface area contributed by atoms with Crippen LogP contribution in [0.1, 0.15) is 15.9 Å². The van der Waals surface area contributed by atoms with E-state index in [9.17, 15) is 4.79 Å². The summed E-state index contributed by atoms with van der Waals surface area (Å²) < 4.78 is 6.03. The van der Waals surface area contributed by atoms with Crippen LogP contribution >= 0.6 is 39.1 Å². The minimum atomic E-state index is -0.339. The molecule has 0 heterocycles. The van der Waals surface area contributed by atoms with Crippen molar-refractivity contribution in [2.24, 2.45) is 0 Å². The SMILES string of the molecule is COc1cc(Br)ccc1C(=O)Nc1c(Cl)ccc(C)c1Cl. The molecule has 0 bridgehead atoms. The fraction of sp³-hybridized carbons (Fsp3) is 0.133. The number of benzene rings is 2. The molecule has 2 aromatic carbocycles. The lowest BCUT2D eigenvalue weighted by atomic mass is 10.1. The molecule has 1 amide bonds. The van der Waals surface area contributed by atoms with Gasteiger partial charge in [-0.05, 0) is 36.8 Å². The monoisotopic (exact) mass is 387 g/mol. The molecule has 1 N–H and O–H groups in total. The molecule has 3 nitrogen and oxygen atoms in total. The van der Waals surface area contributed by atoms with Crippen molar-refractivity contribution < 1.29 is 9.53 Å². The summed E-state index contributed by atoms with van der Waals surface area (Å²) in [5.41, 5.74) is 1.63. The maximum Gasteiger partial charge on any atom is 0.259 e. The van der Waals surface area contributed by atoms with E-state index >= 15 is 0 Å². The Morgan fingerprint density at radius 2 is 1.95 bits per heavy atom. The van der Waals surface area contributed by atoms with Gasteiger partial charge in [0, 0.05) is 4.47 Å². The fourth-order valence-electron chi connectivity index (χ4n) is 1.80. The normalized spacial score (nSPS) is 10.3. The molecule has 110 valence electrons. The zero-order valence-electron chi connectivity index (χ0n) is 11.3. The van der Waals surface area contributed by atoms with Gasteiger partial charge in [-0.1, -0.05) is 45.2 Å². The van der Waals surface area contributed by atoms with Crippen LogP contribution in [0.15, 0.2) is 34.8 Å². The molecule has 0 aliphatic carbocycles. The van der Waals surface area contributed by atoms with Crippen molar-refractivity contribution in [1.29, 1.82) is 0 Å². The maximum atomic E-state index is 12.4. The molecule has 21 heavy (non-hydrogen) atoms. The molecule has 0 saturated carbocycles. The van der Waals surface area contributed by atoms with E-state index in [1.807, 2.05) is 6.92 Å². The first-order chi connectivity index (χ1) is 9.93. The maximum absolute atomic E-state index is 12.4. The van der Waals surface area contributed by atoms with E-state index in [0.717, 1.165) is 10.0 Å². The van der Waals surface area contributed by atoms with Gasteiger partial charge in [0.15, 0.2) is 0 Å². The third-order valence-electron chi connectivity index (χ3n) is 2.93. The lowest BCUT2D eigenvalue weighted by molar-refractivity contribution is 0.102. The number of rotatable bonds is 3. The minimum Gasteiger partial charge on any atom is -0.496 e. The molecule has 0 unspecified atom stereocenters. The molecule has 0 saturated heterocycles. The molecule has 0 atom stereocenters. The number of hydrogen-bond acceptors (Lipinski definition) is 2. The van der Waals surface area contributed by atoms with E-state index in [4.69, 9.17) is 27.9 Å². The first-order valence-electron chi connectivity index (χ1n) is 6.03. The zero-order valence-corrected chi connectivity index (χ0v) is 14.4. The number of amides is 1. The van der Waals surface area contributed by atoms with Gasteiger partial charge in [-0.25, -0.2) is 0 Å². The Hall–Kier alpha value is -1.23. The highest BCUT2D eigenvalue weighted by Crippen LogP contribution is 2.34. The minimum absolute atomic E-state index is 0.339. The highest BCUT2D eigenvalue weighted by atomic mass is 79.9. The lowest BCUT2D eigenvalue weighted by Gasteiger charge is -2.13. The van der Waals surface area contributed by atoms with E-state index in [2.05, 4.69) is 21.2 Å². The molecule has 0 fully saturated rings. The number of hydrogen-bond donors (Lipinski definition) is 1. The van der Waals surface area contributed by atoms with Crippen molar-refractivity contribution in [2.45, 2.75) is 6.92 Å². The van der Waals surface area contributed by atoms with Crippen molar-refractivity contribution in [3.8, 4) is 5.75 Å². The molecule has 2 aromatic rings. The van der Waals surface area contributed by atoms with Crippen LogP contribution in [0.3, 0.4) is 0 Å². The molecule has 6 heteroatoms. The summed E-state index contributed by atoms with van der Waals surface area (Å²) in [6.45, 7) is 1.84. The predicted molar refractivity (Wildman–Crippen MR) is 89.8 cm³/mol. The summed E-state index contributed by atoms with van der Waals surface area (Å²) in [6, 6.07) is 8.62. The van der Waals surface area contributed by atoms with Crippen LogP contribution in [0, 0.1) is 6.92 Å². The van der Waals surface area contributed by atoms with Crippen LogP contribution in [0.4, 0.5) is 5.69 Å². The number of methoxy groups -OCH3 is 1. The summed E-state index contributed by atoms with van der Waals surface area (Å²) in [6.07, 6.45) is 0. The lowest BCUT2D eigenvalue weighted by Crippen LogP contribution is -2.14. The Kier molecular flexibility index (Phi) is 5.14. The third kappa shape index (κ3) is 3.51. The average Bonchev–Trinajstić information content (AvgIpc) is 2.47. The number of carbonyl (C=O) groups is 1. The van der Waals surface area contributed by atoms with Gasteiger partial charge in [-0.3, -0.25) is 4.79 Å². The first-order valence-corrected chi connectivity index (χ1v) is 7.58. The molecule has 0 aliphatic heterocycles. The Morgan fingerprint density at radius 1 is 1.24 bits per heavy atom. The Morgan fingerprint density at radius 3 is 2.62 bits per heavy atom. The molecule has 0 aliphatic rings. The summed E-state index contributed by atoms with van der Waals surface area (Å²) in [5, 5.41) is 3.54. The van der Waals surface area contributed by atoms with Crippen molar-refractivity contribution in [2.75, 3.05) is 12.4 Å². The molecule has 0 aromatic heterocycles. The topological polar surface area (TPSA) is 38.3 Å². The van der Waals surface area contributed by atoms with Gasteiger partial charge in [-0.15, -0.1) is 0 Å². The highest BCUT2D eigenvalue weighted by molar-refractivity contribution is 9.10. The van der Waals surface area contributed by atoms with Gasteiger partial charge in [0.1, 0.15) is 5.75 Å². The van der Waals surface area contributed by atoms with Gasteiger partial charge in [-0.2, -0.15) is 0 Å². The smallest absolute Gasteiger partial charge is 0.259 e. The van der Waals surface area contributed by atoms with Crippen LogP contribution in [0.25, 0.3) is 0 Å². The number of aryl methyl sites for hydroxylation is 1. The summed E-state index contributed by atoms with van der Waals surface area (Å²) in [5.74, 6) is 0.121. The molecular weight excluding hydrogens is 377 g/mol. The Balaban J connectivity index is 2.37. The van der Waals surface area contributed by atoms with Crippen molar-refractivity contribution in [3.63, 3.8) is 0 Å². The molecule has 0 spiro atoms. The number of carbonyl (C=O) groups excluding carboxylic acids is 1. The summed E-state index contributed by atoms with van der Waals surface area (Å²) >= 11 is 15.6. The second-order valence-electron chi connectivity index (χ2n) is 4.35. The standard InChI is InChI=1S/C15H12BrCl2NO2/c1-8-3-6-11(17)14(13(8)18)19-15(20)10-5-4-9(16)7-12(10)21-2/h3-7H,1-2H3,(H,19,20). The Bertz CT molecular complexity index is 704. The highest BCUT2D eigenvalue weighted by Gasteiger charge is 2.16. The quantitative estimate of drug-likeness (QED) is 0.771. The largest absolute Gasteiger partial charge is 0.496 e. The molecular formula is C15H12BrCl2NO2. The zero-order chi connectivity index (χ0) is 15.6. The van der Waals surface area contributed by atoms with E-state index in [1.165, 1.54) is 7.11 Å². The van der Waals surface area contributed by atoms with Gasteiger partial charge < -0.3 is 10.1 Å². The van der Waals surface area contributed by atoms with Crippen LogP contribution in [-0.4, -0.2) is 13.0 Å². The van der Waals surface area contributed by atoms with E-state index < -0.39 is 0 Å². The van der Waals surface area contributed by atoms with Crippen LogP contribution in [-0.2, 0) is 0 Å². The summed E-state index contributed by atoms with van der Waals surface area (Å²) in [4.78, 5) is 12.4. The van der Waals surface area contributed by atoms with Gasteiger partial charge in [0.25, 0.3) is 5.91 Å². The number of nitrogens with one attached hydrogen (secondary N) is 1. The molecule has 0 radical (unpaired) electrons. The van der Waals surface area contributed by atoms with Crippen molar-refractivity contribution in [3.05, 3.63) is 56.0 Å². The Labute approximate surface area is 141 Å². The van der Waals surface area contributed by atoms with Gasteiger partial charge in [0.05, 0.1) is 28.4 Å². The van der Waals surface area contributed by atoms with E-state index in [0.29, 0.717) is 27.0 Å². The molecule has 2 rings (SSSR count). The van der Waals surface area contributed by atoms with E-state index in [1.54, 1.807) is 30.3 Å². The second-order valence-corrected chi connectivity index (χ2v) is 6.05. The van der Waals surface area contributed by atoms with E-state index in [-0.39, 0.29) is 5.91 Å². The van der Waals surface area contributed by atoms with Gasteiger partial charge in [0.2, 0.25) is 0 Å². The van der Waals surface area contributed by atoms with Crippen LogP contribution < -0.4 is 10.1 Å². The van der Waals surface area contributed by atoms with Crippen LogP contribution in [0.2, 0.25) is 10.0 Å². The summed E-state index contributed by atoms with van der Waals surface area (Å²) in [7, 11) is 1.51.